The molecule has 1 aliphatic heterocycles. The van der Waals surface area contributed by atoms with Crippen LogP contribution in [0.1, 0.15) is 31.8 Å². The Hall–Kier alpha value is -2.67. The summed E-state index contributed by atoms with van der Waals surface area (Å²) < 4.78 is 10.7. The van der Waals surface area contributed by atoms with Gasteiger partial charge in [0.15, 0.2) is 0 Å². The van der Waals surface area contributed by atoms with E-state index in [1.54, 1.807) is 44.2 Å². The van der Waals surface area contributed by atoms with Crippen molar-refractivity contribution >= 4 is 23.6 Å². The number of rotatable bonds is 6. The van der Waals surface area contributed by atoms with Gasteiger partial charge in [-0.1, -0.05) is 12.1 Å². The molecule has 0 unspecified atom stereocenters. The molecule has 1 aliphatic rings. The first-order valence-corrected chi connectivity index (χ1v) is 11.1. The lowest BCUT2D eigenvalue weighted by Gasteiger charge is -2.35. The van der Waals surface area contributed by atoms with Gasteiger partial charge in [0.25, 0.3) is 11.8 Å². The van der Waals surface area contributed by atoms with Crippen molar-refractivity contribution in [1.82, 2.24) is 10.2 Å². The van der Waals surface area contributed by atoms with Gasteiger partial charge in [-0.05, 0) is 49.2 Å². The van der Waals surface area contributed by atoms with E-state index in [1.807, 2.05) is 36.9 Å². The van der Waals surface area contributed by atoms with Gasteiger partial charge in [-0.15, -0.1) is 0 Å². The van der Waals surface area contributed by atoms with Gasteiger partial charge in [0.1, 0.15) is 11.5 Å². The average molecular weight is 429 g/mol. The van der Waals surface area contributed by atoms with E-state index in [0.717, 1.165) is 22.6 Å². The molecular weight excluding hydrogens is 400 g/mol. The second-order valence-corrected chi connectivity index (χ2v) is 8.46. The van der Waals surface area contributed by atoms with Crippen molar-refractivity contribution < 1.29 is 19.1 Å². The predicted octanol–water partition coefficient (Wildman–Crippen LogP) is 3.31. The molecule has 30 heavy (non-hydrogen) atoms. The minimum Gasteiger partial charge on any atom is -0.496 e. The normalized spacial score (nSPS) is 16.1. The molecule has 0 bridgehead atoms. The minimum absolute atomic E-state index is 0.0372. The molecule has 3 rings (SSSR count). The molecule has 160 valence electrons. The summed E-state index contributed by atoms with van der Waals surface area (Å²) in [5, 5.41) is 2.98. The van der Waals surface area contributed by atoms with Crippen LogP contribution in [0.15, 0.2) is 36.4 Å². The lowest BCUT2D eigenvalue weighted by Crippen LogP contribution is -2.51. The molecule has 1 N–H and O–H groups in total. The van der Waals surface area contributed by atoms with E-state index in [1.165, 1.54) is 0 Å². The number of ether oxygens (including phenoxy) is 2. The summed E-state index contributed by atoms with van der Waals surface area (Å²) in [4.78, 5) is 27.7. The van der Waals surface area contributed by atoms with E-state index in [2.05, 4.69) is 5.32 Å². The van der Waals surface area contributed by atoms with Gasteiger partial charge in [0, 0.05) is 35.7 Å². The Morgan fingerprint density at radius 2 is 1.63 bits per heavy atom. The second-order valence-electron chi connectivity index (χ2n) is 7.31. The maximum Gasteiger partial charge on any atom is 0.254 e. The Morgan fingerprint density at radius 1 is 1.03 bits per heavy atom. The molecule has 0 saturated carbocycles. The maximum absolute atomic E-state index is 13.2. The number of benzene rings is 2. The molecule has 1 fully saturated rings. The monoisotopic (exact) mass is 428 g/mol. The zero-order valence-corrected chi connectivity index (χ0v) is 18.7. The Balaban J connectivity index is 1.70. The van der Waals surface area contributed by atoms with Crippen molar-refractivity contribution in [3.05, 3.63) is 58.7 Å². The maximum atomic E-state index is 13.2. The highest BCUT2D eigenvalue weighted by atomic mass is 32.2. The van der Waals surface area contributed by atoms with E-state index >= 15 is 0 Å². The highest BCUT2D eigenvalue weighted by Crippen LogP contribution is 2.24. The second kappa shape index (κ2) is 9.89. The summed E-state index contributed by atoms with van der Waals surface area (Å²) in [6.07, 6.45) is 0. The quantitative estimate of drug-likeness (QED) is 0.765. The predicted molar refractivity (Wildman–Crippen MR) is 120 cm³/mol. The van der Waals surface area contributed by atoms with Crippen LogP contribution in [0.4, 0.5) is 0 Å². The molecule has 2 amide bonds. The Kier molecular flexibility index (Phi) is 7.26. The molecule has 1 saturated heterocycles. The number of carbonyl (C=O) groups excluding carboxylic acids is 2. The van der Waals surface area contributed by atoms with Crippen LogP contribution in [0.3, 0.4) is 0 Å². The summed E-state index contributed by atoms with van der Waals surface area (Å²) in [5.41, 5.74) is 3.11. The van der Waals surface area contributed by atoms with Crippen LogP contribution in [-0.2, 0) is 0 Å². The lowest BCUT2D eigenvalue weighted by molar-refractivity contribution is 0.0691. The van der Waals surface area contributed by atoms with Crippen molar-refractivity contribution in [2.75, 3.05) is 38.8 Å². The van der Waals surface area contributed by atoms with Crippen LogP contribution in [-0.4, -0.2) is 61.6 Å². The van der Waals surface area contributed by atoms with E-state index in [9.17, 15) is 9.59 Å². The number of hydrogen-bond acceptors (Lipinski definition) is 5. The van der Waals surface area contributed by atoms with E-state index in [4.69, 9.17) is 9.47 Å². The van der Waals surface area contributed by atoms with Crippen LogP contribution >= 0.6 is 11.8 Å². The SMILES string of the molecule is COc1cc(C(=O)NC[C@@H]2CSCCN2C(=O)c2ccc(C)c(OC)c2)ccc1C. The number of amides is 2. The summed E-state index contributed by atoms with van der Waals surface area (Å²) in [6.45, 7) is 4.93. The van der Waals surface area contributed by atoms with Gasteiger partial charge < -0.3 is 19.7 Å². The third-order valence-corrected chi connectivity index (χ3v) is 6.40. The van der Waals surface area contributed by atoms with Crippen LogP contribution in [0.5, 0.6) is 11.5 Å². The van der Waals surface area contributed by atoms with Crippen molar-refractivity contribution in [3.63, 3.8) is 0 Å². The average Bonchev–Trinajstić information content (AvgIpc) is 2.77. The Bertz CT molecular complexity index is 931. The fourth-order valence-electron chi connectivity index (χ4n) is 3.48. The highest BCUT2D eigenvalue weighted by Gasteiger charge is 2.28. The number of hydrogen-bond donors (Lipinski definition) is 1. The number of nitrogens with zero attached hydrogens (tertiary/aromatic N) is 1. The third kappa shape index (κ3) is 4.90. The molecule has 0 aromatic heterocycles. The first-order valence-electron chi connectivity index (χ1n) is 9.90. The first kappa shape index (κ1) is 22.0. The van der Waals surface area contributed by atoms with Crippen molar-refractivity contribution in [2.24, 2.45) is 0 Å². The topological polar surface area (TPSA) is 67.9 Å². The Morgan fingerprint density at radius 3 is 2.27 bits per heavy atom. The molecule has 2 aromatic carbocycles. The van der Waals surface area contributed by atoms with Gasteiger partial charge in [-0.3, -0.25) is 9.59 Å². The summed E-state index contributed by atoms with van der Waals surface area (Å²) in [6, 6.07) is 10.8. The molecule has 1 atom stereocenters. The zero-order chi connectivity index (χ0) is 21.7. The fourth-order valence-corrected chi connectivity index (χ4v) is 4.55. The van der Waals surface area contributed by atoms with Crippen molar-refractivity contribution in [1.29, 1.82) is 0 Å². The van der Waals surface area contributed by atoms with Gasteiger partial charge in [0.05, 0.1) is 20.3 Å². The van der Waals surface area contributed by atoms with E-state index < -0.39 is 0 Å². The van der Waals surface area contributed by atoms with Gasteiger partial charge in [-0.25, -0.2) is 0 Å². The number of methoxy groups -OCH3 is 2. The molecule has 1 heterocycles. The molecule has 0 spiro atoms. The minimum atomic E-state index is -0.173. The summed E-state index contributed by atoms with van der Waals surface area (Å²) in [7, 11) is 3.19. The molecule has 0 radical (unpaired) electrons. The van der Waals surface area contributed by atoms with Crippen LogP contribution in [0.25, 0.3) is 0 Å². The van der Waals surface area contributed by atoms with E-state index in [0.29, 0.717) is 35.7 Å². The summed E-state index contributed by atoms with van der Waals surface area (Å²) >= 11 is 1.80. The van der Waals surface area contributed by atoms with Crippen LogP contribution in [0, 0.1) is 13.8 Å². The lowest BCUT2D eigenvalue weighted by atomic mass is 10.1. The number of thioether (sulfide) groups is 1. The summed E-state index contributed by atoms with van der Waals surface area (Å²) in [5.74, 6) is 2.84. The van der Waals surface area contributed by atoms with Gasteiger partial charge in [-0.2, -0.15) is 11.8 Å². The zero-order valence-electron chi connectivity index (χ0n) is 17.9. The largest absolute Gasteiger partial charge is 0.496 e. The van der Waals surface area contributed by atoms with Crippen LogP contribution < -0.4 is 14.8 Å². The Labute approximate surface area is 181 Å². The molecular formula is C23H28N2O4S. The van der Waals surface area contributed by atoms with Gasteiger partial charge in [0.2, 0.25) is 0 Å². The molecule has 0 aliphatic carbocycles. The van der Waals surface area contributed by atoms with Crippen molar-refractivity contribution in [3.8, 4) is 11.5 Å². The van der Waals surface area contributed by atoms with Gasteiger partial charge >= 0.3 is 0 Å². The molecule has 2 aromatic rings. The fraction of sp³-hybridized carbons (Fsp3) is 0.391. The molecule has 7 heteroatoms. The highest BCUT2D eigenvalue weighted by molar-refractivity contribution is 7.99. The molecule has 6 nitrogen and oxygen atoms in total. The van der Waals surface area contributed by atoms with Crippen molar-refractivity contribution in [2.45, 2.75) is 19.9 Å². The van der Waals surface area contributed by atoms with Crippen LogP contribution in [0.2, 0.25) is 0 Å². The van der Waals surface area contributed by atoms with E-state index in [-0.39, 0.29) is 17.9 Å². The standard InChI is InChI=1S/C23H28N2O4S/c1-15-5-7-17(11-20(15)28-3)22(26)24-13-19-14-30-10-9-25(19)23(27)18-8-6-16(2)21(12-18)29-4/h5-8,11-12,19H,9-10,13-14H2,1-4H3,(H,24,26)/t19-/m1/s1. The smallest absolute Gasteiger partial charge is 0.254 e. The number of nitrogens with one attached hydrogen (secondary N) is 1. The first-order chi connectivity index (χ1) is 14.4. The third-order valence-electron chi connectivity index (χ3n) is 5.31. The number of aryl methyl sites for hydroxylation is 2. The number of carbonyl (C=O) groups is 2.